The van der Waals surface area contributed by atoms with E-state index in [4.69, 9.17) is 5.11 Å². The number of aromatic carboxylic acids is 1. The van der Waals surface area contributed by atoms with Gasteiger partial charge < -0.3 is 10.0 Å². The molecule has 22 heavy (non-hydrogen) atoms. The van der Waals surface area contributed by atoms with E-state index in [0.29, 0.717) is 5.69 Å². The molecule has 0 atom stereocenters. The molecule has 0 radical (unpaired) electrons. The molecule has 1 aromatic heterocycles. The number of carboxylic acid groups (broad SMARTS) is 1. The zero-order chi connectivity index (χ0) is 15.9. The summed E-state index contributed by atoms with van der Waals surface area (Å²) in [6.07, 6.45) is 1.84. The molecule has 6 nitrogen and oxygen atoms in total. The van der Waals surface area contributed by atoms with Crippen molar-refractivity contribution in [3.63, 3.8) is 0 Å². The van der Waals surface area contributed by atoms with Crippen LogP contribution in [0.4, 0.5) is 5.69 Å². The Kier molecular flexibility index (Phi) is 3.44. The second kappa shape index (κ2) is 5.29. The summed E-state index contributed by atoms with van der Waals surface area (Å²) in [5, 5.41) is 13.4. The molecule has 0 fully saturated rings. The molecule has 0 spiro atoms. The number of carbonyl (C=O) groups is 2. The maximum absolute atomic E-state index is 11.7. The highest BCUT2D eigenvalue weighted by Gasteiger charge is 2.21. The van der Waals surface area contributed by atoms with Gasteiger partial charge in [-0.1, -0.05) is 6.07 Å². The summed E-state index contributed by atoms with van der Waals surface area (Å²) in [4.78, 5) is 24.6. The van der Waals surface area contributed by atoms with Crippen molar-refractivity contribution in [2.24, 2.45) is 7.05 Å². The van der Waals surface area contributed by atoms with Gasteiger partial charge in [0.25, 0.3) is 0 Å². The number of anilines is 1. The molecule has 114 valence electrons. The minimum Gasteiger partial charge on any atom is -0.477 e. The highest BCUT2D eigenvalue weighted by Crippen LogP contribution is 2.31. The molecule has 3 rings (SSSR count). The lowest BCUT2D eigenvalue weighted by Gasteiger charge is -2.28. The van der Waals surface area contributed by atoms with Crippen LogP contribution >= 0.6 is 0 Å². The van der Waals surface area contributed by atoms with Crippen molar-refractivity contribution in [3.8, 4) is 11.3 Å². The number of fused-ring (bicyclic) bond motifs is 1. The largest absolute Gasteiger partial charge is 0.477 e. The first-order valence-corrected chi connectivity index (χ1v) is 7.16. The molecule has 1 N–H and O–H groups in total. The van der Waals surface area contributed by atoms with E-state index < -0.39 is 5.97 Å². The molecule has 1 amide bonds. The zero-order valence-corrected chi connectivity index (χ0v) is 12.5. The molecule has 1 aliphatic rings. The van der Waals surface area contributed by atoms with Crippen molar-refractivity contribution >= 4 is 17.6 Å². The molecule has 0 bridgehead atoms. The van der Waals surface area contributed by atoms with Gasteiger partial charge in [-0.2, -0.15) is 5.10 Å². The molecule has 1 aromatic carbocycles. The van der Waals surface area contributed by atoms with Gasteiger partial charge in [0.05, 0.1) is 5.69 Å². The van der Waals surface area contributed by atoms with Crippen LogP contribution < -0.4 is 4.90 Å². The minimum atomic E-state index is -0.998. The van der Waals surface area contributed by atoms with Crippen molar-refractivity contribution in [2.75, 3.05) is 11.4 Å². The molecule has 2 heterocycles. The third-order valence-electron chi connectivity index (χ3n) is 3.97. The monoisotopic (exact) mass is 299 g/mol. The Labute approximate surface area is 128 Å². The second-order valence-corrected chi connectivity index (χ2v) is 5.46. The Morgan fingerprint density at radius 2 is 2.05 bits per heavy atom. The molecule has 1 aliphatic heterocycles. The Morgan fingerprint density at radius 3 is 2.68 bits per heavy atom. The average molecular weight is 299 g/mol. The van der Waals surface area contributed by atoms with Crippen molar-refractivity contribution in [2.45, 2.75) is 19.8 Å². The van der Waals surface area contributed by atoms with Crippen molar-refractivity contribution < 1.29 is 14.7 Å². The highest BCUT2D eigenvalue weighted by atomic mass is 16.4. The Balaban J connectivity index is 2.02. The van der Waals surface area contributed by atoms with Gasteiger partial charge in [-0.05, 0) is 36.6 Å². The van der Waals surface area contributed by atoms with E-state index in [2.05, 4.69) is 5.10 Å². The van der Waals surface area contributed by atoms with Gasteiger partial charge in [0.15, 0.2) is 0 Å². The normalized spacial score (nSPS) is 13.8. The fourth-order valence-corrected chi connectivity index (χ4v) is 2.89. The van der Waals surface area contributed by atoms with Crippen LogP contribution in [0.5, 0.6) is 0 Å². The summed E-state index contributed by atoms with van der Waals surface area (Å²) in [6, 6.07) is 7.36. The first kappa shape index (κ1) is 14.3. The van der Waals surface area contributed by atoms with Crippen molar-refractivity contribution in [1.29, 1.82) is 0 Å². The van der Waals surface area contributed by atoms with Gasteiger partial charge in [0.2, 0.25) is 5.91 Å². The second-order valence-electron chi connectivity index (χ2n) is 5.46. The van der Waals surface area contributed by atoms with Gasteiger partial charge in [-0.3, -0.25) is 9.48 Å². The number of amides is 1. The number of benzene rings is 1. The highest BCUT2D eigenvalue weighted by molar-refractivity contribution is 5.93. The van der Waals surface area contributed by atoms with Crippen molar-refractivity contribution in [1.82, 2.24) is 9.78 Å². The summed E-state index contributed by atoms with van der Waals surface area (Å²) in [7, 11) is 1.61. The third kappa shape index (κ3) is 2.36. The minimum absolute atomic E-state index is 0.0414. The van der Waals surface area contributed by atoms with Gasteiger partial charge in [0, 0.05) is 31.8 Å². The third-order valence-corrected chi connectivity index (χ3v) is 3.97. The van der Waals surface area contributed by atoms with Crippen molar-refractivity contribution in [3.05, 3.63) is 35.5 Å². The SMILES string of the molecule is CC(=O)N1CCCc2cc(-c3cc(C(=O)O)n(C)n3)ccc21. The van der Waals surface area contributed by atoms with Crippen LogP contribution in [0.1, 0.15) is 29.4 Å². The van der Waals surface area contributed by atoms with E-state index in [0.717, 1.165) is 36.2 Å². The number of carbonyl (C=O) groups excluding carboxylic acids is 1. The Bertz CT molecular complexity index is 764. The molecule has 0 saturated carbocycles. The van der Waals surface area contributed by atoms with E-state index in [1.165, 1.54) is 4.68 Å². The standard InChI is InChI=1S/C16H17N3O3/c1-10(20)19-7-3-4-12-8-11(5-6-14(12)19)13-9-15(16(21)22)18(2)17-13/h5-6,8-9H,3-4,7H2,1-2H3,(H,21,22). The summed E-state index contributed by atoms with van der Waals surface area (Å²) in [5.41, 5.74) is 3.69. The number of hydrogen-bond acceptors (Lipinski definition) is 3. The van der Waals surface area contributed by atoms with Crippen LogP contribution in [0.3, 0.4) is 0 Å². The Hall–Kier alpha value is -2.63. The summed E-state index contributed by atoms with van der Waals surface area (Å²) in [6.45, 7) is 2.31. The van der Waals surface area contributed by atoms with Crippen LogP contribution in [-0.2, 0) is 18.3 Å². The van der Waals surface area contributed by atoms with Crippen LogP contribution in [0.2, 0.25) is 0 Å². The first-order valence-electron chi connectivity index (χ1n) is 7.16. The molecule has 0 unspecified atom stereocenters. The fourth-order valence-electron chi connectivity index (χ4n) is 2.89. The van der Waals surface area contributed by atoms with E-state index in [1.54, 1.807) is 24.9 Å². The van der Waals surface area contributed by atoms with Gasteiger partial charge >= 0.3 is 5.97 Å². The lowest BCUT2D eigenvalue weighted by molar-refractivity contribution is -0.116. The summed E-state index contributed by atoms with van der Waals surface area (Å²) < 4.78 is 1.36. The Morgan fingerprint density at radius 1 is 1.27 bits per heavy atom. The number of aromatic nitrogens is 2. The van der Waals surface area contributed by atoms with Gasteiger partial charge in [-0.25, -0.2) is 4.79 Å². The fraction of sp³-hybridized carbons (Fsp3) is 0.312. The maximum Gasteiger partial charge on any atom is 0.354 e. The average Bonchev–Trinajstić information content (AvgIpc) is 2.88. The molecule has 6 heteroatoms. The first-order chi connectivity index (χ1) is 10.5. The quantitative estimate of drug-likeness (QED) is 0.921. The predicted molar refractivity (Wildman–Crippen MR) is 82.0 cm³/mol. The zero-order valence-electron chi connectivity index (χ0n) is 12.5. The van der Waals surface area contributed by atoms with Crippen LogP contribution in [0.25, 0.3) is 11.3 Å². The smallest absolute Gasteiger partial charge is 0.354 e. The van der Waals surface area contributed by atoms with E-state index >= 15 is 0 Å². The lowest BCUT2D eigenvalue weighted by atomic mass is 9.98. The van der Waals surface area contributed by atoms with Gasteiger partial charge in [-0.15, -0.1) is 0 Å². The number of hydrogen-bond donors (Lipinski definition) is 1. The summed E-state index contributed by atoms with van der Waals surface area (Å²) in [5.74, 6) is -0.957. The maximum atomic E-state index is 11.7. The topological polar surface area (TPSA) is 75.4 Å². The lowest BCUT2D eigenvalue weighted by Crippen LogP contribution is -2.33. The van der Waals surface area contributed by atoms with Crippen LogP contribution in [-0.4, -0.2) is 33.3 Å². The molecular weight excluding hydrogens is 282 g/mol. The summed E-state index contributed by atoms with van der Waals surface area (Å²) >= 11 is 0. The number of nitrogens with zero attached hydrogens (tertiary/aromatic N) is 3. The number of carboxylic acids is 1. The molecule has 0 saturated heterocycles. The molecule has 0 aliphatic carbocycles. The number of rotatable bonds is 2. The van der Waals surface area contributed by atoms with Crippen LogP contribution in [0.15, 0.2) is 24.3 Å². The van der Waals surface area contributed by atoms with E-state index in [9.17, 15) is 9.59 Å². The van der Waals surface area contributed by atoms with Crippen LogP contribution in [0, 0.1) is 0 Å². The predicted octanol–water partition coefficient (Wildman–Crippen LogP) is 2.08. The van der Waals surface area contributed by atoms with E-state index in [1.807, 2.05) is 18.2 Å². The number of aryl methyl sites for hydroxylation is 2. The molecular formula is C16H17N3O3. The van der Waals surface area contributed by atoms with Gasteiger partial charge in [0.1, 0.15) is 5.69 Å². The molecule has 2 aromatic rings. The van der Waals surface area contributed by atoms with E-state index in [-0.39, 0.29) is 11.6 Å².